The highest BCUT2D eigenvalue weighted by Gasteiger charge is 2.36. The van der Waals surface area contributed by atoms with E-state index < -0.39 is 0 Å². The molecule has 21 heavy (non-hydrogen) atoms. The van der Waals surface area contributed by atoms with Gasteiger partial charge in [0.1, 0.15) is 5.92 Å². The van der Waals surface area contributed by atoms with Gasteiger partial charge < -0.3 is 9.30 Å². The lowest BCUT2D eigenvalue weighted by Crippen LogP contribution is -2.15. The highest BCUT2D eigenvalue weighted by Crippen LogP contribution is 2.39. The lowest BCUT2D eigenvalue weighted by molar-refractivity contribution is -0.134. The van der Waals surface area contributed by atoms with E-state index in [2.05, 4.69) is 0 Å². The van der Waals surface area contributed by atoms with E-state index in [1.807, 2.05) is 6.92 Å². The monoisotopic (exact) mass is 303 g/mol. The number of carbonyl (C=O) groups is 2. The van der Waals surface area contributed by atoms with Crippen molar-refractivity contribution in [3.05, 3.63) is 52.3 Å². The first-order chi connectivity index (χ1) is 10.0. The number of rotatable bonds is 3. The molecule has 0 bridgehead atoms. The molecule has 0 spiro atoms. The van der Waals surface area contributed by atoms with Crippen molar-refractivity contribution in [1.29, 1.82) is 0 Å². The normalized spacial score (nSPS) is 16.7. The van der Waals surface area contributed by atoms with Crippen LogP contribution in [0.3, 0.4) is 0 Å². The average Bonchev–Trinajstić information content (AvgIpc) is 2.94. The van der Waals surface area contributed by atoms with Crippen molar-refractivity contribution < 1.29 is 14.3 Å². The summed E-state index contributed by atoms with van der Waals surface area (Å²) < 4.78 is 7.00. The largest absolute Gasteiger partial charge is 0.424 e. The van der Waals surface area contributed by atoms with Gasteiger partial charge in [-0.1, -0.05) is 18.5 Å². The summed E-state index contributed by atoms with van der Waals surface area (Å²) in [6.07, 6.45) is 0.651. The number of esters is 1. The van der Waals surface area contributed by atoms with Crippen LogP contribution in [0.4, 0.5) is 0 Å². The Balaban J connectivity index is 2.02. The minimum Gasteiger partial charge on any atom is -0.424 e. The van der Waals surface area contributed by atoms with Gasteiger partial charge in [0.25, 0.3) is 0 Å². The second-order valence-electron chi connectivity index (χ2n) is 5.06. The fourth-order valence-corrected chi connectivity index (χ4v) is 2.82. The number of fused-ring (bicyclic) bond motifs is 1. The van der Waals surface area contributed by atoms with E-state index in [-0.39, 0.29) is 17.7 Å². The first kappa shape index (κ1) is 13.9. The van der Waals surface area contributed by atoms with Crippen LogP contribution in [0.15, 0.2) is 30.3 Å². The van der Waals surface area contributed by atoms with Crippen molar-refractivity contribution in [2.24, 2.45) is 7.05 Å². The van der Waals surface area contributed by atoms with Crippen molar-refractivity contribution in [2.45, 2.75) is 19.3 Å². The molecule has 3 rings (SSSR count). The van der Waals surface area contributed by atoms with Gasteiger partial charge in [0.2, 0.25) is 5.78 Å². The van der Waals surface area contributed by atoms with Crippen molar-refractivity contribution in [3.8, 4) is 5.75 Å². The van der Waals surface area contributed by atoms with Crippen LogP contribution < -0.4 is 4.74 Å². The van der Waals surface area contributed by atoms with E-state index in [9.17, 15) is 9.59 Å². The van der Waals surface area contributed by atoms with Gasteiger partial charge in [0.15, 0.2) is 5.75 Å². The lowest BCUT2D eigenvalue weighted by atomic mass is 10.0. The molecule has 1 aromatic carbocycles. The molecule has 108 valence electrons. The maximum atomic E-state index is 12.6. The third-order valence-corrected chi connectivity index (χ3v) is 4.07. The fraction of sp³-hybridized carbons (Fsp3) is 0.250. The predicted octanol–water partition coefficient (Wildman–Crippen LogP) is 3.32. The van der Waals surface area contributed by atoms with Crippen LogP contribution in [0.5, 0.6) is 5.75 Å². The van der Waals surface area contributed by atoms with Gasteiger partial charge in [-0.3, -0.25) is 9.59 Å². The first-order valence-electron chi connectivity index (χ1n) is 6.74. The zero-order valence-electron chi connectivity index (χ0n) is 11.7. The smallest absolute Gasteiger partial charge is 0.320 e. The second-order valence-corrected chi connectivity index (χ2v) is 5.49. The van der Waals surface area contributed by atoms with Gasteiger partial charge >= 0.3 is 5.97 Å². The number of aromatic nitrogens is 1. The molecule has 1 aliphatic rings. The van der Waals surface area contributed by atoms with Crippen LogP contribution in [0.2, 0.25) is 5.02 Å². The molecule has 5 heteroatoms. The number of hydrogen-bond acceptors (Lipinski definition) is 3. The van der Waals surface area contributed by atoms with Crippen LogP contribution in [0.25, 0.3) is 0 Å². The standard InChI is InChI=1S/C16H14ClNO3/c1-3-11-14-13(21-16(11)20)8-12(18(14)2)15(19)9-4-6-10(17)7-5-9/h4-8,11H,3H2,1-2H3. The molecule has 0 amide bonds. The molecule has 0 saturated heterocycles. The molecule has 2 heterocycles. The molecule has 0 saturated carbocycles. The van der Waals surface area contributed by atoms with Crippen molar-refractivity contribution in [3.63, 3.8) is 0 Å². The van der Waals surface area contributed by atoms with Crippen molar-refractivity contribution >= 4 is 23.4 Å². The SMILES string of the molecule is CCC1C(=O)Oc2cc(C(=O)c3ccc(Cl)cc3)n(C)c21. The molecule has 0 radical (unpaired) electrons. The summed E-state index contributed by atoms with van der Waals surface area (Å²) >= 11 is 5.83. The summed E-state index contributed by atoms with van der Waals surface area (Å²) in [7, 11) is 1.78. The van der Waals surface area contributed by atoms with Crippen LogP contribution in [0.1, 0.15) is 41.0 Å². The molecule has 2 aromatic rings. The van der Waals surface area contributed by atoms with Gasteiger partial charge in [-0.25, -0.2) is 0 Å². The summed E-state index contributed by atoms with van der Waals surface area (Å²) in [4.78, 5) is 24.3. The Kier molecular flexibility index (Phi) is 3.33. The van der Waals surface area contributed by atoms with Crippen LogP contribution in [0, 0.1) is 0 Å². The second kappa shape index (κ2) is 5.04. The van der Waals surface area contributed by atoms with Crippen LogP contribution in [-0.4, -0.2) is 16.3 Å². The van der Waals surface area contributed by atoms with E-state index in [1.165, 1.54) is 0 Å². The minimum absolute atomic E-state index is 0.116. The number of nitrogens with zero attached hydrogens (tertiary/aromatic N) is 1. The number of ether oxygens (including phenoxy) is 1. The Bertz CT molecular complexity index is 731. The molecule has 1 unspecified atom stereocenters. The Hall–Kier alpha value is -2.07. The third kappa shape index (κ3) is 2.16. The number of ketones is 1. The molecule has 1 aliphatic heterocycles. The summed E-state index contributed by atoms with van der Waals surface area (Å²) in [6, 6.07) is 8.37. The van der Waals surface area contributed by atoms with Crippen molar-refractivity contribution in [2.75, 3.05) is 0 Å². The minimum atomic E-state index is -0.295. The summed E-state index contributed by atoms with van der Waals surface area (Å²) in [6.45, 7) is 1.93. The highest BCUT2D eigenvalue weighted by atomic mass is 35.5. The van der Waals surface area contributed by atoms with Crippen LogP contribution >= 0.6 is 11.6 Å². The van der Waals surface area contributed by atoms with E-state index >= 15 is 0 Å². The average molecular weight is 304 g/mol. The molecule has 0 aliphatic carbocycles. The van der Waals surface area contributed by atoms with E-state index in [0.29, 0.717) is 28.5 Å². The van der Waals surface area contributed by atoms with E-state index in [0.717, 1.165) is 5.69 Å². The highest BCUT2D eigenvalue weighted by molar-refractivity contribution is 6.30. The summed E-state index contributed by atoms with van der Waals surface area (Å²) in [5.74, 6) is -0.165. The maximum absolute atomic E-state index is 12.6. The zero-order chi connectivity index (χ0) is 15.1. The fourth-order valence-electron chi connectivity index (χ4n) is 2.70. The van der Waals surface area contributed by atoms with Gasteiger partial charge in [0, 0.05) is 23.7 Å². The Labute approximate surface area is 127 Å². The Morgan fingerprint density at radius 2 is 2.00 bits per heavy atom. The molecule has 1 atom stereocenters. The predicted molar refractivity (Wildman–Crippen MR) is 79.0 cm³/mol. The first-order valence-corrected chi connectivity index (χ1v) is 7.12. The maximum Gasteiger partial charge on any atom is 0.320 e. The summed E-state index contributed by atoms with van der Waals surface area (Å²) in [5, 5.41) is 0.584. The van der Waals surface area contributed by atoms with Gasteiger partial charge in [-0.15, -0.1) is 0 Å². The van der Waals surface area contributed by atoms with Crippen molar-refractivity contribution in [1.82, 2.24) is 4.57 Å². The van der Waals surface area contributed by atoms with Crippen LogP contribution in [-0.2, 0) is 11.8 Å². The number of benzene rings is 1. The molecule has 1 aromatic heterocycles. The zero-order valence-corrected chi connectivity index (χ0v) is 12.5. The molecule has 0 fully saturated rings. The van der Waals surface area contributed by atoms with Gasteiger partial charge in [-0.05, 0) is 30.7 Å². The lowest BCUT2D eigenvalue weighted by Gasteiger charge is -2.09. The Morgan fingerprint density at radius 1 is 1.33 bits per heavy atom. The number of hydrogen-bond donors (Lipinski definition) is 0. The van der Waals surface area contributed by atoms with E-state index in [4.69, 9.17) is 16.3 Å². The van der Waals surface area contributed by atoms with E-state index in [1.54, 1.807) is 41.9 Å². The number of carbonyl (C=O) groups excluding carboxylic acids is 2. The molecule has 0 N–H and O–H groups in total. The van der Waals surface area contributed by atoms with Gasteiger partial charge in [0.05, 0.1) is 11.4 Å². The summed E-state index contributed by atoms with van der Waals surface area (Å²) in [5.41, 5.74) is 1.84. The molecule has 4 nitrogen and oxygen atoms in total. The quantitative estimate of drug-likeness (QED) is 0.645. The molecular formula is C16H14ClNO3. The third-order valence-electron chi connectivity index (χ3n) is 3.82. The number of halogens is 1. The van der Waals surface area contributed by atoms with Gasteiger partial charge in [-0.2, -0.15) is 0 Å². The molecular weight excluding hydrogens is 290 g/mol. The topological polar surface area (TPSA) is 48.3 Å². The Morgan fingerprint density at radius 3 is 2.62 bits per heavy atom.